The lowest BCUT2D eigenvalue weighted by Gasteiger charge is -2.26. The van der Waals surface area contributed by atoms with Crippen molar-refractivity contribution in [3.05, 3.63) is 82.3 Å². The molecule has 2 N–H and O–H groups in total. The van der Waals surface area contributed by atoms with E-state index < -0.39 is 5.54 Å². The van der Waals surface area contributed by atoms with E-state index in [1.807, 2.05) is 12.1 Å². The van der Waals surface area contributed by atoms with Gasteiger partial charge in [0.1, 0.15) is 0 Å². The summed E-state index contributed by atoms with van der Waals surface area (Å²) in [4.78, 5) is 0. The standard InChI is InChI=1S/C19H18BrN/c1-19(21,16-9-5-10-17(20)12-16)13-15-8-4-7-14-6-2-3-11-18(14)15/h2-12H,13,21H2,1H3. The van der Waals surface area contributed by atoms with Gasteiger partial charge in [-0.05, 0) is 47.4 Å². The molecule has 0 aliphatic rings. The summed E-state index contributed by atoms with van der Waals surface area (Å²) < 4.78 is 1.06. The number of hydrogen-bond donors (Lipinski definition) is 1. The summed E-state index contributed by atoms with van der Waals surface area (Å²) in [5.74, 6) is 0. The average molecular weight is 340 g/mol. The quantitative estimate of drug-likeness (QED) is 0.712. The molecule has 0 saturated heterocycles. The van der Waals surface area contributed by atoms with Crippen molar-refractivity contribution >= 4 is 26.7 Å². The zero-order chi connectivity index (χ0) is 14.9. The van der Waals surface area contributed by atoms with Gasteiger partial charge in [0.15, 0.2) is 0 Å². The van der Waals surface area contributed by atoms with Gasteiger partial charge in [-0.3, -0.25) is 0 Å². The van der Waals surface area contributed by atoms with Crippen LogP contribution >= 0.6 is 15.9 Å². The van der Waals surface area contributed by atoms with Crippen molar-refractivity contribution in [1.29, 1.82) is 0 Å². The number of halogens is 1. The molecule has 106 valence electrons. The van der Waals surface area contributed by atoms with Crippen LogP contribution in [0.25, 0.3) is 10.8 Å². The fourth-order valence-electron chi connectivity index (χ4n) is 2.79. The van der Waals surface area contributed by atoms with Gasteiger partial charge in [0.25, 0.3) is 0 Å². The van der Waals surface area contributed by atoms with E-state index in [2.05, 4.69) is 77.5 Å². The topological polar surface area (TPSA) is 26.0 Å². The Bertz CT molecular complexity index is 772. The Morgan fingerprint density at radius 3 is 2.48 bits per heavy atom. The highest BCUT2D eigenvalue weighted by atomic mass is 79.9. The molecule has 0 saturated carbocycles. The summed E-state index contributed by atoms with van der Waals surface area (Å²) >= 11 is 3.52. The molecule has 0 radical (unpaired) electrons. The molecular formula is C19H18BrN. The molecule has 2 heteroatoms. The van der Waals surface area contributed by atoms with Crippen molar-refractivity contribution in [3.63, 3.8) is 0 Å². The molecule has 0 heterocycles. The van der Waals surface area contributed by atoms with Gasteiger partial charge in [0.2, 0.25) is 0 Å². The summed E-state index contributed by atoms with van der Waals surface area (Å²) in [6, 6.07) is 23.1. The maximum Gasteiger partial charge on any atom is 0.0422 e. The molecule has 0 amide bonds. The Morgan fingerprint density at radius 2 is 1.67 bits per heavy atom. The summed E-state index contributed by atoms with van der Waals surface area (Å²) in [6.07, 6.45) is 0.810. The largest absolute Gasteiger partial charge is 0.321 e. The van der Waals surface area contributed by atoms with Gasteiger partial charge in [-0.15, -0.1) is 0 Å². The van der Waals surface area contributed by atoms with Gasteiger partial charge in [-0.25, -0.2) is 0 Å². The van der Waals surface area contributed by atoms with Crippen LogP contribution in [0.3, 0.4) is 0 Å². The van der Waals surface area contributed by atoms with Crippen LogP contribution in [0.5, 0.6) is 0 Å². The number of nitrogens with two attached hydrogens (primary N) is 1. The Labute approximate surface area is 133 Å². The first-order valence-electron chi connectivity index (χ1n) is 7.08. The van der Waals surface area contributed by atoms with E-state index in [0.29, 0.717) is 0 Å². The predicted octanol–water partition coefficient (Wildman–Crippen LogP) is 5.02. The van der Waals surface area contributed by atoms with E-state index in [1.54, 1.807) is 0 Å². The lowest BCUT2D eigenvalue weighted by Crippen LogP contribution is -2.35. The molecule has 3 aromatic rings. The van der Waals surface area contributed by atoms with E-state index in [4.69, 9.17) is 5.73 Å². The molecule has 1 atom stereocenters. The molecule has 1 nitrogen and oxygen atoms in total. The minimum atomic E-state index is -0.395. The lowest BCUT2D eigenvalue weighted by molar-refractivity contribution is 0.493. The third kappa shape index (κ3) is 3.02. The molecule has 1 unspecified atom stereocenters. The third-order valence-corrected chi connectivity index (χ3v) is 4.41. The molecule has 21 heavy (non-hydrogen) atoms. The maximum atomic E-state index is 6.61. The first-order valence-corrected chi connectivity index (χ1v) is 7.87. The Balaban J connectivity index is 2.01. The highest BCUT2D eigenvalue weighted by molar-refractivity contribution is 9.10. The monoisotopic (exact) mass is 339 g/mol. The van der Waals surface area contributed by atoms with Gasteiger partial charge in [-0.2, -0.15) is 0 Å². The zero-order valence-corrected chi connectivity index (χ0v) is 13.6. The van der Waals surface area contributed by atoms with Crippen molar-refractivity contribution in [2.45, 2.75) is 18.9 Å². The van der Waals surface area contributed by atoms with Gasteiger partial charge >= 0.3 is 0 Å². The van der Waals surface area contributed by atoms with E-state index in [-0.39, 0.29) is 0 Å². The number of fused-ring (bicyclic) bond motifs is 1. The summed E-state index contributed by atoms with van der Waals surface area (Å²) in [5, 5.41) is 2.55. The Hall–Kier alpha value is -1.64. The van der Waals surface area contributed by atoms with E-state index in [1.165, 1.54) is 16.3 Å². The molecule has 0 fully saturated rings. The van der Waals surface area contributed by atoms with Gasteiger partial charge in [0, 0.05) is 10.0 Å². The fraction of sp³-hybridized carbons (Fsp3) is 0.158. The molecule has 0 spiro atoms. The number of rotatable bonds is 3. The van der Waals surface area contributed by atoms with Crippen LogP contribution in [-0.4, -0.2) is 0 Å². The maximum absolute atomic E-state index is 6.61. The number of hydrogen-bond acceptors (Lipinski definition) is 1. The second-order valence-corrected chi connectivity index (χ2v) is 6.66. The van der Waals surface area contributed by atoms with Crippen molar-refractivity contribution in [3.8, 4) is 0 Å². The fourth-order valence-corrected chi connectivity index (χ4v) is 3.19. The first kappa shape index (κ1) is 14.3. The van der Waals surface area contributed by atoms with Gasteiger partial charge < -0.3 is 5.73 Å². The van der Waals surface area contributed by atoms with E-state index in [0.717, 1.165) is 16.5 Å². The van der Waals surface area contributed by atoms with Crippen molar-refractivity contribution in [2.75, 3.05) is 0 Å². The molecule has 0 aromatic heterocycles. The lowest BCUT2D eigenvalue weighted by atomic mass is 9.85. The number of benzene rings is 3. The Morgan fingerprint density at radius 1 is 0.952 bits per heavy atom. The molecule has 0 aliphatic carbocycles. The zero-order valence-electron chi connectivity index (χ0n) is 12.0. The minimum absolute atomic E-state index is 0.395. The van der Waals surface area contributed by atoms with Crippen molar-refractivity contribution in [2.24, 2.45) is 5.73 Å². The van der Waals surface area contributed by atoms with Crippen LogP contribution in [0.15, 0.2) is 71.2 Å². The highest BCUT2D eigenvalue weighted by Crippen LogP contribution is 2.28. The third-order valence-electron chi connectivity index (χ3n) is 3.92. The van der Waals surface area contributed by atoms with E-state index in [9.17, 15) is 0 Å². The van der Waals surface area contributed by atoms with Crippen LogP contribution in [0, 0.1) is 0 Å². The minimum Gasteiger partial charge on any atom is -0.321 e. The summed E-state index contributed by atoms with van der Waals surface area (Å²) in [7, 11) is 0. The summed E-state index contributed by atoms with van der Waals surface area (Å²) in [6.45, 7) is 2.09. The van der Waals surface area contributed by atoms with Crippen LogP contribution < -0.4 is 5.73 Å². The van der Waals surface area contributed by atoms with Gasteiger partial charge in [0.05, 0.1) is 0 Å². The van der Waals surface area contributed by atoms with Crippen molar-refractivity contribution in [1.82, 2.24) is 0 Å². The second-order valence-electron chi connectivity index (χ2n) is 5.74. The molecular weight excluding hydrogens is 322 g/mol. The normalized spacial score (nSPS) is 14.0. The molecule has 3 aromatic carbocycles. The van der Waals surface area contributed by atoms with Crippen LogP contribution in [0.2, 0.25) is 0 Å². The van der Waals surface area contributed by atoms with Crippen molar-refractivity contribution < 1.29 is 0 Å². The smallest absolute Gasteiger partial charge is 0.0422 e. The average Bonchev–Trinajstić information content (AvgIpc) is 2.47. The van der Waals surface area contributed by atoms with Gasteiger partial charge in [-0.1, -0.05) is 70.5 Å². The molecule has 0 bridgehead atoms. The van der Waals surface area contributed by atoms with Crippen LogP contribution in [0.1, 0.15) is 18.1 Å². The predicted molar refractivity (Wildman–Crippen MR) is 93.3 cm³/mol. The second kappa shape index (κ2) is 5.63. The molecule has 0 aliphatic heterocycles. The van der Waals surface area contributed by atoms with Crippen LogP contribution in [0.4, 0.5) is 0 Å². The van der Waals surface area contributed by atoms with E-state index >= 15 is 0 Å². The summed E-state index contributed by atoms with van der Waals surface area (Å²) in [5.41, 5.74) is 8.65. The SMILES string of the molecule is CC(N)(Cc1cccc2ccccc12)c1cccc(Br)c1. The molecule has 3 rings (SSSR count). The first-order chi connectivity index (χ1) is 10.1. The van der Waals surface area contributed by atoms with Crippen LogP contribution in [-0.2, 0) is 12.0 Å². The Kier molecular flexibility index (Phi) is 3.83. The highest BCUT2D eigenvalue weighted by Gasteiger charge is 2.22.